The highest BCUT2D eigenvalue weighted by Crippen LogP contribution is 2.28. The Kier molecular flexibility index (Phi) is 5.10. The number of nitrogens with zero attached hydrogens (tertiary/aromatic N) is 2. The molecular weight excluding hydrogens is 354 g/mol. The Hall–Kier alpha value is -0.470. The van der Waals surface area contributed by atoms with Crippen LogP contribution < -0.4 is 5.73 Å². The van der Waals surface area contributed by atoms with Gasteiger partial charge in [-0.15, -0.1) is 0 Å². The van der Waals surface area contributed by atoms with Crippen LogP contribution in [0.1, 0.15) is 19.4 Å². The van der Waals surface area contributed by atoms with Gasteiger partial charge in [-0.25, -0.2) is 8.42 Å². The summed E-state index contributed by atoms with van der Waals surface area (Å²) in [5.74, 6) is 0. The monoisotopic (exact) mass is 375 g/mol. The van der Waals surface area contributed by atoms with Crippen molar-refractivity contribution in [2.75, 3.05) is 20.1 Å². The molecule has 7 heteroatoms. The maximum Gasteiger partial charge on any atom is 0.244 e. The van der Waals surface area contributed by atoms with Crippen molar-refractivity contribution in [3.05, 3.63) is 28.2 Å². The molecule has 21 heavy (non-hydrogen) atoms. The molecule has 2 atom stereocenters. The zero-order valence-corrected chi connectivity index (χ0v) is 15.0. The van der Waals surface area contributed by atoms with Gasteiger partial charge in [0.1, 0.15) is 0 Å². The zero-order chi connectivity index (χ0) is 15.8. The van der Waals surface area contributed by atoms with Crippen molar-refractivity contribution in [3.8, 4) is 0 Å². The van der Waals surface area contributed by atoms with Crippen LogP contribution in [-0.2, 0) is 16.6 Å². The lowest BCUT2D eigenvalue weighted by Crippen LogP contribution is -2.56. The first-order valence-electron chi connectivity index (χ1n) is 6.98. The second-order valence-corrected chi connectivity index (χ2v) is 8.42. The first-order valence-corrected chi connectivity index (χ1v) is 9.21. The molecule has 2 unspecified atom stereocenters. The number of halogens is 1. The Morgan fingerprint density at radius 2 is 1.86 bits per heavy atom. The molecule has 1 heterocycles. The van der Waals surface area contributed by atoms with E-state index < -0.39 is 10.0 Å². The fourth-order valence-electron chi connectivity index (χ4n) is 2.56. The quantitative estimate of drug-likeness (QED) is 0.871. The van der Waals surface area contributed by atoms with E-state index in [9.17, 15) is 8.42 Å². The lowest BCUT2D eigenvalue weighted by atomic mass is 10.1. The molecule has 0 amide bonds. The highest BCUT2D eigenvalue weighted by molar-refractivity contribution is 9.10. The molecule has 1 aromatic carbocycles. The van der Waals surface area contributed by atoms with Crippen molar-refractivity contribution in [2.45, 2.75) is 37.4 Å². The van der Waals surface area contributed by atoms with Crippen LogP contribution in [0.4, 0.5) is 0 Å². The van der Waals surface area contributed by atoms with E-state index in [0.29, 0.717) is 29.0 Å². The van der Waals surface area contributed by atoms with Crippen molar-refractivity contribution in [3.63, 3.8) is 0 Å². The van der Waals surface area contributed by atoms with Gasteiger partial charge in [0.2, 0.25) is 10.0 Å². The fraction of sp³-hybridized carbons (Fsp3) is 0.571. The van der Waals surface area contributed by atoms with Crippen LogP contribution in [0.5, 0.6) is 0 Å². The summed E-state index contributed by atoms with van der Waals surface area (Å²) in [6, 6.07) is 5.63. The Labute approximate surface area is 135 Å². The third-order valence-corrected chi connectivity index (χ3v) is 7.00. The predicted molar refractivity (Wildman–Crippen MR) is 87.5 cm³/mol. The van der Waals surface area contributed by atoms with E-state index in [1.54, 1.807) is 16.4 Å². The van der Waals surface area contributed by atoms with Crippen molar-refractivity contribution < 1.29 is 8.42 Å². The van der Waals surface area contributed by atoms with Crippen molar-refractivity contribution in [2.24, 2.45) is 5.73 Å². The summed E-state index contributed by atoms with van der Waals surface area (Å²) in [5, 5.41) is 0. The van der Waals surface area contributed by atoms with Gasteiger partial charge in [0.15, 0.2) is 0 Å². The Morgan fingerprint density at radius 3 is 2.38 bits per heavy atom. The summed E-state index contributed by atoms with van der Waals surface area (Å²) in [6.45, 7) is 5.42. The SMILES string of the molecule is CC1CN(S(=O)(=O)c2cc(CN)ccc2Br)CC(C)N1C. The molecule has 1 saturated heterocycles. The van der Waals surface area contributed by atoms with Gasteiger partial charge < -0.3 is 5.73 Å². The number of nitrogens with two attached hydrogens (primary N) is 1. The molecule has 1 aromatic rings. The minimum absolute atomic E-state index is 0.194. The second kappa shape index (κ2) is 6.34. The zero-order valence-electron chi connectivity index (χ0n) is 12.6. The van der Waals surface area contributed by atoms with Crippen molar-refractivity contribution in [1.82, 2.24) is 9.21 Å². The molecule has 0 radical (unpaired) electrons. The topological polar surface area (TPSA) is 66.6 Å². The third-order valence-electron chi connectivity index (χ3n) is 4.18. The average Bonchev–Trinajstić information content (AvgIpc) is 2.44. The van der Waals surface area contributed by atoms with Gasteiger partial charge in [0.05, 0.1) is 4.90 Å². The first kappa shape index (κ1) is 16.9. The van der Waals surface area contributed by atoms with Crippen LogP contribution in [0.2, 0.25) is 0 Å². The van der Waals surface area contributed by atoms with Crippen LogP contribution in [-0.4, -0.2) is 49.8 Å². The van der Waals surface area contributed by atoms with Crippen molar-refractivity contribution in [1.29, 1.82) is 0 Å². The van der Waals surface area contributed by atoms with E-state index in [0.717, 1.165) is 5.56 Å². The molecule has 1 aliphatic heterocycles. The van der Waals surface area contributed by atoms with Gasteiger partial charge in [-0.3, -0.25) is 4.90 Å². The number of hydrogen-bond donors (Lipinski definition) is 1. The molecule has 1 fully saturated rings. The molecule has 2 N–H and O–H groups in total. The number of likely N-dealkylation sites (N-methyl/N-ethyl adjacent to an activating group) is 1. The maximum absolute atomic E-state index is 12.9. The fourth-order valence-corrected chi connectivity index (χ4v) is 5.14. The summed E-state index contributed by atoms with van der Waals surface area (Å²) < 4.78 is 28.0. The Morgan fingerprint density at radius 1 is 1.29 bits per heavy atom. The smallest absolute Gasteiger partial charge is 0.244 e. The van der Waals surface area contributed by atoms with Crippen LogP contribution in [0.3, 0.4) is 0 Å². The lowest BCUT2D eigenvalue weighted by Gasteiger charge is -2.41. The number of piperazine rings is 1. The molecular formula is C14H22BrN3O2S. The van der Waals surface area contributed by atoms with E-state index in [1.165, 1.54) is 0 Å². The normalized spacial score (nSPS) is 25.2. The molecule has 0 saturated carbocycles. The van der Waals surface area contributed by atoms with E-state index >= 15 is 0 Å². The standard InChI is InChI=1S/C14H22BrN3O2S/c1-10-8-18(9-11(2)17(10)3)21(19,20)14-6-12(7-16)4-5-13(14)15/h4-6,10-11H,7-9,16H2,1-3H3. The summed E-state index contributed by atoms with van der Waals surface area (Å²) in [4.78, 5) is 2.51. The number of rotatable bonds is 3. The Bertz CT molecular complexity index is 609. The predicted octanol–water partition coefficient (Wildman–Crippen LogP) is 1.62. The van der Waals surface area contributed by atoms with Gasteiger partial charge in [0.25, 0.3) is 0 Å². The summed E-state index contributed by atoms with van der Waals surface area (Å²) in [7, 11) is -1.48. The molecule has 0 bridgehead atoms. The van der Waals surface area contributed by atoms with Crippen LogP contribution in [0.15, 0.2) is 27.6 Å². The molecule has 118 valence electrons. The second-order valence-electron chi connectivity index (χ2n) is 5.65. The molecule has 0 aliphatic carbocycles. The van der Waals surface area contributed by atoms with E-state index in [-0.39, 0.29) is 12.1 Å². The molecule has 1 aliphatic rings. The summed E-state index contributed by atoms with van der Waals surface area (Å²) in [6.07, 6.45) is 0. The van der Waals surface area contributed by atoms with E-state index in [2.05, 4.69) is 20.8 Å². The average molecular weight is 376 g/mol. The molecule has 2 rings (SSSR count). The summed E-state index contributed by atoms with van der Waals surface area (Å²) >= 11 is 3.35. The molecule has 5 nitrogen and oxygen atoms in total. The highest BCUT2D eigenvalue weighted by atomic mass is 79.9. The minimum Gasteiger partial charge on any atom is -0.326 e. The molecule has 0 spiro atoms. The number of hydrogen-bond acceptors (Lipinski definition) is 4. The van der Waals surface area contributed by atoms with Gasteiger partial charge in [0, 0.05) is 36.2 Å². The van der Waals surface area contributed by atoms with E-state index in [4.69, 9.17) is 5.73 Å². The van der Waals surface area contributed by atoms with Crippen LogP contribution in [0, 0.1) is 0 Å². The van der Waals surface area contributed by atoms with E-state index in [1.807, 2.05) is 27.0 Å². The largest absolute Gasteiger partial charge is 0.326 e. The van der Waals surface area contributed by atoms with Gasteiger partial charge in [-0.1, -0.05) is 6.07 Å². The highest BCUT2D eigenvalue weighted by Gasteiger charge is 2.35. The van der Waals surface area contributed by atoms with Crippen molar-refractivity contribution >= 4 is 26.0 Å². The number of benzene rings is 1. The molecule has 0 aromatic heterocycles. The van der Waals surface area contributed by atoms with Gasteiger partial charge in [-0.2, -0.15) is 4.31 Å². The van der Waals surface area contributed by atoms with Crippen LogP contribution >= 0.6 is 15.9 Å². The van der Waals surface area contributed by atoms with Gasteiger partial charge in [-0.05, 0) is 54.5 Å². The minimum atomic E-state index is -3.51. The van der Waals surface area contributed by atoms with Crippen LogP contribution in [0.25, 0.3) is 0 Å². The van der Waals surface area contributed by atoms with Gasteiger partial charge >= 0.3 is 0 Å². The third kappa shape index (κ3) is 3.32. The number of sulfonamides is 1. The lowest BCUT2D eigenvalue weighted by molar-refractivity contribution is 0.105. The summed E-state index contributed by atoms with van der Waals surface area (Å²) in [5.41, 5.74) is 6.43. The Balaban J connectivity index is 2.38. The maximum atomic E-state index is 12.9. The first-order chi connectivity index (χ1) is 9.77.